The van der Waals surface area contributed by atoms with Gasteiger partial charge in [0.1, 0.15) is 11.6 Å². The molecule has 23 heavy (non-hydrogen) atoms. The molecule has 7 heteroatoms. The van der Waals surface area contributed by atoms with Gasteiger partial charge in [0, 0.05) is 12.2 Å². The maximum Gasteiger partial charge on any atom is 0.407 e. The van der Waals surface area contributed by atoms with Gasteiger partial charge in [-0.3, -0.25) is 10.2 Å². The first kappa shape index (κ1) is 18.8. The zero-order valence-corrected chi connectivity index (χ0v) is 13.9. The maximum absolute atomic E-state index is 11.8. The quantitative estimate of drug-likeness (QED) is 0.265. The van der Waals surface area contributed by atoms with Gasteiger partial charge in [-0.05, 0) is 45.7 Å². The second-order valence-electron chi connectivity index (χ2n) is 6.14. The number of para-hydroxylation sites is 1. The Hall–Kier alpha value is -2.28. The Kier molecular flexibility index (Phi) is 7.34. The average molecular weight is 322 g/mol. The first-order valence-corrected chi connectivity index (χ1v) is 7.61. The molecule has 1 rings (SSSR count). The summed E-state index contributed by atoms with van der Waals surface area (Å²) in [4.78, 5) is 23.4. The van der Waals surface area contributed by atoms with Crippen LogP contribution in [-0.2, 0) is 9.53 Å². The summed E-state index contributed by atoms with van der Waals surface area (Å²) < 4.78 is 5.14. The number of nitrogens with two attached hydrogens (primary N) is 1. The zero-order chi connectivity index (χ0) is 17.3. The third kappa shape index (κ3) is 8.06. The van der Waals surface area contributed by atoms with Gasteiger partial charge in [0.05, 0.1) is 0 Å². The lowest BCUT2D eigenvalue weighted by molar-refractivity contribution is -0.122. The Balaban J connectivity index is 2.40. The van der Waals surface area contributed by atoms with Gasteiger partial charge in [0.2, 0.25) is 0 Å². The van der Waals surface area contributed by atoms with Crippen LogP contribution in [0.2, 0.25) is 0 Å². The molecular weight excluding hydrogens is 296 g/mol. The number of alkyl carbamates (subject to hydrolysis) is 1. The van der Waals surface area contributed by atoms with Gasteiger partial charge in [-0.2, -0.15) is 0 Å². The second-order valence-corrected chi connectivity index (χ2v) is 6.14. The molecule has 2 amide bonds. The Bertz CT molecular complexity index is 500. The molecule has 0 unspecified atom stereocenters. The molecule has 0 radical (unpaired) electrons. The minimum atomic E-state index is -0.527. The van der Waals surface area contributed by atoms with Crippen molar-refractivity contribution in [3.63, 3.8) is 0 Å². The summed E-state index contributed by atoms with van der Waals surface area (Å²) in [6.45, 7) is 5.83. The topological polar surface area (TPSA) is 105 Å². The third-order valence-corrected chi connectivity index (χ3v) is 2.91. The summed E-state index contributed by atoms with van der Waals surface area (Å²) in [7, 11) is 0. The normalized spacial score (nSPS) is 12.2. The minimum absolute atomic E-state index is 0.300. The molecule has 5 N–H and O–H groups in total. The van der Waals surface area contributed by atoms with E-state index in [1.54, 1.807) is 20.8 Å². The Labute approximate surface area is 136 Å². The summed E-state index contributed by atoms with van der Waals surface area (Å²) >= 11 is 0. The van der Waals surface area contributed by atoms with E-state index in [2.05, 4.69) is 16.1 Å². The van der Waals surface area contributed by atoms with E-state index in [0.29, 0.717) is 19.4 Å². The summed E-state index contributed by atoms with van der Waals surface area (Å²) in [5, 5.41) is 5.78. The van der Waals surface area contributed by atoms with Crippen LogP contribution in [0.3, 0.4) is 0 Å². The van der Waals surface area contributed by atoms with E-state index in [4.69, 9.17) is 10.6 Å². The number of anilines is 1. The predicted octanol–water partition coefficient (Wildman–Crippen LogP) is 1.76. The Morgan fingerprint density at radius 2 is 1.87 bits per heavy atom. The standard InChI is InChI=1S/C16H26N4O3/c1-16(2,3)23-15(22)18-11-7-10-13(14(21)20-17)19-12-8-5-4-6-9-12/h4-6,8-9,13,19H,7,10-11,17H2,1-3H3,(H,18,22)(H,20,21)/t13-/m0/s1. The van der Waals surface area contributed by atoms with Gasteiger partial charge in [-0.25, -0.2) is 10.6 Å². The van der Waals surface area contributed by atoms with Crippen LogP contribution < -0.4 is 21.9 Å². The minimum Gasteiger partial charge on any atom is -0.444 e. The lowest BCUT2D eigenvalue weighted by Gasteiger charge is -2.20. The van der Waals surface area contributed by atoms with E-state index in [1.807, 2.05) is 30.3 Å². The fourth-order valence-corrected chi connectivity index (χ4v) is 1.92. The molecule has 0 bridgehead atoms. The Morgan fingerprint density at radius 1 is 1.22 bits per heavy atom. The molecule has 1 aromatic rings. The molecule has 0 saturated carbocycles. The first-order chi connectivity index (χ1) is 10.8. The van der Waals surface area contributed by atoms with Crippen LogP contribution in [0.25, 0.3) is 0 Å². The molecule has 0 aliphatic rings. The first-order valence-electron chi connectivity index (χ1n) is 7.61. The van der Waals surface area contributed by atoms with Gasteiger partial charge in [0.25, 0.3) is 5.91 Å². The number of carbonyl (C=O) groups is 2. The summed E-state index contributed by atoms with van der Waals surface area (Å²) in [6, 6.07) is 8.93. The molecule has 128 valence electrons. The predicted molar refractivity (Wildman–Crippen MR) is 89.7 cm³/mol. The van der Waals surface area contributed by atoms with E-state index < -0.39 is 17.7 Å². The van der Waals surface area contributed by atoms with Crippen molar-refractivity contribution in [2.24, 2.45) is 5.84 Å². The number of amides is 2. The van der Waals surface area contributed by atoms with Crippen molar-refractivity contribution in [1.29, 1.82) is 0 Å². The molecule has 0 heterocycles. The van der Waals surface area contributed by atoms with E-state index in [0.717, 1.165) is 5.69 Å². The molecule has 0 fully saturated rings. The van der Waals surface area contributed by atoms with Crippen LogP contribution in [0.1, 0.15) is 33.6 Å². The maximum atomic E-state index is 11.8. The number of hydrazine groups is 1. The third-order valence-electron chi connectivity index (χ3n) is 2.91. The fourth-order valence-electron chi connectivity index (χ4n) is 1.92. The number of nitrogens with one attached hydrogen (secondary N) is 3. The highest BCUT2D eigenvalue weighted by Crippen LogP contribution is 2.10. The van der Waals surface area contributed by atoms with Gasteiger partial charge in [-0.15, -0.1) is 0 Å². The molecule has 0 aliphatic carbocycles. The highest BCUT2D eigenvalue weighted by molar-refractivity contribution is 5.84. The van der Waals surface area contributed by atoms with Crippen LogP contribution in [0.5, 0.6) is 0 Å². The number of benzene rings is 1. The van der Waals surface area contributed by atoms with Gasteiger partial charge >= 0.3 is 6.09 Å². The molecule has 7 nitrogen and oxygen atoms in total. The number of ether oxygens (including phenoxy) is 1. The highest BCUT2D eigenvalue weighted by Gasteiger charge is 2.18. The monoisotopic (exact) mass is 322 g/mol. The van der Waals surface area contributed by atoms with Crippen molar-refractivity contribution >= 4 is 17.7 Å². The smallest absolute Gasteiger partial charge is 0.407 e. The second kappa shape index (κ2) is 8.99. The van der Waals surface area contributed by atoms with Gasteiger partial charge < -0.3 is 15.4 Å². The van der Waals surface area contributed by atoms with Crippen LogP contribution in [0, 0.1) is 0 Å². The van der Waals surface area contributed by atoms with Crippen molar-refractivity contribution in [2.45, 2.75) is 45.3 Å². The molecule has 1 aromatic carbocycles. The number of hydrogen-bond donors (Lipinski definition) is 4. The molecule has 0 spiro atoms. The van der Waals surface area contributed by atoms with Crippen molar-refractivity contribution in [1.82, 2.24) is 10.7 Å². The van der Waals surface area contributed by atoms with Crippen LogP contribution in [-0.4, -0.2) is 30.2 Å². The molecule has 1 atom stereocenters. The van der Waals surface area contributed by atoms with Gasteiger partial charge in [-0.1, -0.05) is 18.2 Å². The van der Waals surface area contributed by atoms with Crippen molar-refractivity contribution in [2.75, 3.05) is 11.9 Å². The summed E-state index contributed by atoms with van der Waals surface area (Å²) in [5.74, 6) is 4.92. The largest absolute Gasteiger partial charge is 0.444 e. The molecule has 0 aromatic heterocycles. The average Bonchev–Trinajstić information content (AvgIpc) is 2.48. The summed E-state index contributed by atoms with van der Waals surface area (Å²) in [6.07, 6.45) is 0.665. The highest BCUT2D eigenvalue weighted by atomic mass is 16.6. The SMILES string of the molecule is CC(C)(C)OC(=O)NCCC[C@H](Nc1ccccc1)C(=O)NN. The van der Waals surface area contributed by atoms with Crippen LogP contribution in [0.4, 0.5) is 10.5 Å². The molecule has 0 aliphatic heterocycles. The number of rotatable bonds is 7. The molecule has 0 saturated heterocycles. The number of carbonyl (C=O) groups excluding carboxylic acids is 2. The number of hydrogen-bond acceptors (Lipinski definition) is 5. The van der Waals surface area contributed by atoms with E-state index in [-0.39, 0.29) is 5.91 Å². The van der Waals surface area contributed by atoms with Crippen molar-refractivity contribution in [3.8, 4) is 0 Å². The van der Waals surface area contributed by atoms with Crippen LogP contribution >= 0.6 is 0 Å². The molecular formula is C16H26N4O3. The van der Waals surface area contributed by atoms with Crippen molar-refractivity contribution < 1.29 is 14.3 Å². The Morgan fingerprint density at radius 3 is 2.43 bits per heavy atom. The summed E-state index contributed by atoms with van der Waals surface area (Å²) in [5.41, 5.74) is 2.46. The lowest BCUT2D eigenvalue weighted by Crippen LogP contribution is -2.43. The van der Waals surface area contributed by atoms with Crippen LogP contribution in [0.15, 0.2) is 30.3 Å². The van der Waals surface area contributed by atoms with E-state index in [9.17, 15) is 9.59 Å². The lowest BCUT2D eigenvalue weighted by atomic mass is 10.1. The van der Waals surface area contributed by atoms with E-state index >= 15 is 0 Å². The zero-order valence-electron chi connectivity index (χ0n) is 13.9. The fraction of sp³-hybridized carbons (Fsp3) is 0.500. The van der Waals surface area contributed by atoms with Crippen molar-refractivity contribution in [3.05, 3.63) is 30.3 Å². The van der Waals surface area contributed by atoms with E-state index in [1.165, 1.54) is 0 Å². The van der Waals surface area contributed by atoms with Gasteiger partial charge in [0.15, 0.2) is 0 Å².